The number of para-hydroxylation sites is 1. The van der Waals surface area contributed by atoms with Gasteiger partial charge in [-0.05, 0) is 67.6 Å². The number of nitrogens with zero attached hydrogens (tertiary/aromatic N) is 4. The maximum atomic E-state index is 12.7. The number of benzene rings is 2. The van der Waals surface area contributed by atoms with Crippen molar-refractivity contribution in [2.24, 2.45) is 0 Å². The number of ether oxygens (including phenoxy) is 1. The van der Waals surface area contributed by atoms with Gasteiger partial charge in [0.1, 0.15) is 5.75 Å². The van der Waals surface area contributed by atoms with Crippen LogP contribution in [0.25, 0.3) is 0 Å². The Morgan fingerprint density at radius 1 is 1.06 bits per heavy atom. The van der Waals surface area contributed by atoms with Crippen LogP contribution < -0.4 is 15.4 Å². The third-order valence-corrected chi connectivity index (χ3v) is 5.12. The Morgan fingerprint density at radius 3 is 2.45 bits per heavy atom. The zero-order chi connectivity index (χ0) is 22.4. The minimum absolute atomic E-state index is 0.102. The highest BCUT2D eigenvalue weighted by Gasteiger charge is 2.21. The lowest BCUT2D eigenvalue weighted by atomic mass is 10.1. The Kier molecular flexibility index (Phi) is 6.91. The zero-order valence-electron chi connectivity index (χ0n) is 17.7. The van der Waals surface area contributed by atoms with Gasteiger partial charge < -0.3 is 15.4 Å². The summed E-state index contributed by atoms with van der Waals surface area (Å²) in [6.45, 7) is 5.93. The van der Waals surface area contributed by atoms with Crippen LogP contribution >= 0.6 is 11.8 Å². The maximum absolute atomic E-state index is 12.7. The molecule has 3 aromatic rings. The summed E-state index contributed by atoms with van der Waals surface area (Å²) >= 11 is 1.23. The van der Waals surface area contributed by atoms with Crippen LogP contribution in [0.1, 0.15) is 31.1 Å². The number of hydrogen-bond acceptors (Lipinski definition) is 7. The van der Waals surface area contributed by atoms with E-state index in [1.54, 1.807) is 60.3 Å². The minimum atomic E-state index is -0.328. The molecule has 0 bridgehead atoms. The first-order valence-electron chi connectivity index (χ1n) is 9.54. The number of amides is 2. The van der Waals surface area contributed by atoms with Gasteiger partial charge in [0.2, 0.25) is 11.1 Å². The normalized spacial score (nSPS) is 11.1. The fourth-order valence-corrected chi connectivity index (χ4v) is 3.53. The third kappa shape index (κ3) is 5.82. The van der Waals surface area contributed by atoms with Crippen molar-refractivity contribution in [3.05, 3.63) is 54.1 Å². The Labute approximate surface area is 184 Å². The number of anilines is 2. The lowest BCUT2D eigenvalue weighted by Gasteiger charge is -2.19. The lowest BCUT2D eigenvalue weighted by Crippen LogP contribution is -2.25. The molecule has 0 aliphatic heterocycles. The first-order valence-corrected chi connectivity index (χ1v) is 10.5. The fourth-order valence-electron chi connectivity index (χ4n) is 2.67. The monoisotopic (exact) mass is 440 g/mol. The number of carbonyl (C=O) groups excluding carboxylic acids is 2. The van der Waals surface area contributed by atoms with Crippen LogP contribution in [-0.4, -0.2) is 44.9 Å². The molecule has 0 saturated carbocycles. The highest BCUT2D eigenvalue weighted by Crippen LogP contribution is 2.23. The van der Waals surface area contributed by atoms with Gasteiger partial charge >= 0.3 is 0 Å². The third-order valence-electron chi connectivity index (χ3n) is 4.20. The first kappa shape index (κ1) is 22.3. The molecular formula is C21H24N6O3S. The van der Waals surface area contributed by atoms with E-state index in [0.717, 1.165) is 0 Å². The Morgan fingerprint density at radius 2 is 1.77 bits per heavy atom. The van der Waals surface area contributed by atoms with Gasteiger partial charge in [0.05, 0.1) is 29.7 Å². The van der Waals surface area contributed by atoms with Gasteiger partial charge in [0.25, 0.3) is 5.91 Å². The van der Waals surface area contributed by atoms with Crippen LogP contribution in [0.4, 0.5) is 11.4 Å². The molecule has 2 amide bonds. The molecule has 1 aromatic heterocycles. The topological polar surface area (TPSA) is 111 Å². The van der Waals surface area contributed by atoms with Crippen molar-refractivity contribution < 1.29 is 14.3 Å². The van der Waals surface area contributed by atoms with Gasteiger partial charge in [-0.3, -0.25) is 9.59 Å². The van der Waals surface area contributed by atoms with E-state index in [2.05, 4.69) is 26.2 Å². The summed E-state index contributed by atoms with van der Waals surface area (Å²) in [6.07, 6.45) is 0. The lowest BCUT2D eigenvalue weighted by molar-refractivity contribution is -0.113. The van der Waals surface area contributed by atoms with Crippen molar-refractivity contribution in [1.82, 2.24) is 20.2 Å². The van der Waals surface area contributed by atoms with E-state index in [9.17, 15) is 9.59 Å². The average Bonchev–Trinajstić information content (AvgIpc) is 3.22. The Hall–Kier alpha value is -3.40. The number of thioether (sulfide) groups is 1. The molecule has 0 fully saturated rings. The van der Waals surface area contributed by atoms with E-state index in [1.165, 1.54) is 11.8 Å². The second-order valence-electron chi connectivity index (χ2n) is 7.61. The van der Waals surface area contributed by atoms with E-state index < -0.39 is 0 Å². The number of rotatable bonds is 7. The van der Waals surface area contributed by atoms with Crippen LogP contribution in [0.3, 0.4) is 0 Å². The molecule has 0 unspecified atom stereocenters. The van der Waals surface area contributed by atoms with Gasteiger partial charge in [-0.15, -0.1) is 5.10 Å². The van der Waals surface area contributed by atoms with Crippen molar-refractivity contribution in [1.29, 1.82) is 0 Å². The first-order chi connectivity index (χ1) is 14.8. The quantitative estimate of drug-likeness (QED) is 0.542. The van der Waals surface area contributed by atoms with E-state index in [4.69, 9.17) is 4.74 Å². The van der Waals surface area contributed by atoms with Crippen molar-refractivity contribution in [3.8, 4) is 5.75 Å². The average molecular weight is 441 g/mol. The van der Waals surface area contributed by atoms with E-state index >= 15 is 0 Å². The van der Waals surface area contributed by atoms with Gasteiger partial charge in [0, 0.05) is 5.69 Å². The molecule has 1 heterocycles. The van der Waals surface area contributed by atoms with Gasteiger partial charge in [-0.1, -0.05) is 23.9 Å². The van der Waals surface area contributed by atoms with Gasteiger partial charge in [0.15, 0.2) is 0 Å². The molecule has 0 aliphatic rings. The predicted molar refractivity (Wildman–Crippen MR) is 120 cm³/mol. The van der Waals surface area contributed by atoms with Crippen LogP contribution in [0.5, 0.6) is 5.75 Å². The SMILES string of the molecule is COc1ccc(NC(=O)c2ccccc2NC(=O)CSc2nnnn2C(C)(C)C)cc1. The number of hydrogen-bond donors (Lipinski definition) is 2. The number of aromatic nitrogens is 4. The molecule has 2 N–H and O–H groups in total. The van der Waals surface area contributed by atoms with E-state index in [-0.39, 0.29) is 23.1 Å². The molecule has 10 heteroatoms. The number of carbonyl (C=O) groups is 2. The second kappa shape index (κ2) is 9.61. The molecule has 3 rings (SSSR count). The molecule has 2 aromatic carbocycles. The van der Waals surface area contributed by atoms with Crippen molar-refractivity contribution in [2.45, 2.75) is 31.5 Å². The van der Waals surface area contributed by atoms with Crippen LogP contribution in [0, 0.1) is 0 Å². The summed E-state index contributed by atoms with van der Waals surface area (Å²) in [5, 5.41) is 17.8. The summed E-state index contributed by atoms with van der Waals surface area (Å²) < 4.78 is 6.79. The van der Waals surface area contributed by atoms with Crippen LogP contribution in [-0.2, 0) is 10.3 Å². The summed E-state index contributed by atoms with van der Waals surface area (Å²) in [6, 6.07) is 13.8. The second-order valence-corrected chi connectivity index (χ2v) is 8.55. The van der Waals surface area contributed by atoms with Crippen molar-refractivity contribution >= 4 is 35.0 Å². The molecule has 0 atom stereocenters. The molecule has 31 heavy (non-hydrogen) atoms. The van der Waals surface area contributed by atoms with E-state index in [1.807, 2.05) is 20.8 Å². The Bertz CT molecular complexity index is 1060. The molecule has 0 aliphatic carbocycles. The number of tetrazole rings is 1. The maximum Gasteiger partial charge on any atom is 0.257 e. The summed E-state index contributed by atoms with van der Waals surface area (Å²) in [5.41, 5.74) is 1.11. The molecule has 9 nitrogen and oxygen atoms in total. The van der Waals surface area contributed by atoms with Gasteiger partial charge in [-0.25, -0.2) is 4.68 Å². The highest BCUT2D eigenvalue weighted by atomic mass is 32.2. The number of methoxy groups -OCH3 is 1. The molecule has 0 radical (unpaired) electrons. The molecule has 0 saturated heterocycles. The van der Waals surface area contributed by atoms with Crippen molar-refractivity contribution in [2.75, 3.05) is 23.5 Å². The number of nitrogens with one attached hydrogen (secondary N) is 2. The summed E-state index contributed by atoms with van der Waals surface area (Å²) in [7, 11) is 1.58. The summed E-state index contributed by atoms with van der Waals surface area (Å²) in [4.78, 5) is 25.3. The zero-order valence-corrected chi connectivity index (χ0v) is 18.6. The molecule has 162 valence electrons. The van der Waals surface area contributed by atoms with Crippen molar-refractivity contribution in [3.63, 3.8) is 0 Å². The predicted octanol–water partition coefficient (Wildman–Crippen LogP) is 3.42. The smallest absolute Gasteiger partial charge is 0.257 e. The molecule has 0 spiro atoms. The standard InChI is InChI=1S/C21H24N6O3S/c1-21(2,3)27-20(24-25-26-27)31-13-18(28)23-17-8-6-5-7-16(17)19(29)22-14-9-11-15(30-4)12-10-14/h5-12H,13H2,1-4H3,(H,22,29)(H,23,28). The van der Waals surface area contributed by atoms with E-state index in [0.29, 0.717) is 27.8 Å². The van der Waals surface area contributed by atoms with Crippen LogP contribution in [0.15, 0.2) is 53.7 Å². The molecular weight excluding hydrogens is 416 g/mol. The summed E-state index contributed by atoms with van der Waals surface area (Å²) in [5.74, 6) is 0.203. The fraction of sp³-hybridized carbons (Fsp3) is 0.286. The minimum Gasteiger partial charge on any atom is -0.497 e. The van der Waals surface area contributed by atoms with Gasteiger partial charge in [-0.2, -0.15) is 0 Å². The highest BCUT2D eigenvalue weighted by molar-refractivity contribution is 7.99. The Balaban J connectivity index is 1.65. The van der Waals surface area contributed by atoms with Crippen LogP contribution in [0.2, 0.25) is 0 Å². The largest absolute Gasteiger partial charge is 0.497 e.